The summed E-state index contributed by atoms with van der Waals surface area (Å²) in [4.78, 5) is 11.9. The SMILES string of the molecule is C[C@@H](NC1CC(NC(=O)OCc2ccccc2)C1)C1CCCCCC1. The van der Waals surface area contributed by atoms with Crippen molar-refractivity contribution in [3.63, 3.8) is 0 Å². The van der Waals surface area contributed by atoms with Crippen molar-refractivity contribution >= 4 is 6.09 Å². The second-order valence-electron chi connectivity index (χ2n) is 7.78. The highest BCUT2D eigenvalue weighted by molar-refractivity contribution is 5.67. The van der Waals surface area contributed by atoms with Crippen LogP contribution in [0.5, 0.6) is 0 Å². The van der Waals surface area contributed by atoms with Crippen LogP contribution in [0.2, 0.25) is 0 Å². The molecule has 138 valence electrons. The van der Waals surface area contributed by atoms with Crippen LogP contribution in [-0.4, -0.2) is 24.2 Å². The van der Waals surface area contributed by atoms with Gasteiger partial charge in [0, 0.05) is 18.1 Å². The second-order valence-corrected chi connectivity index (χ2v) is 7.78. The standard InChI is InChI=1S/C21H32N2O2/c1-16(18-11-7-2-3-8-12-18)22-19-13-20(14-19)23-21(24)25-15-17-9-5-4-6-10-17/h4-6,9-10,16,18-20,22H,2-3,7-8,11-15H2,1H3,(H,23,24)/t16-,19?,20?/m1/s1. The van der Waals surface area contributed by atoms with Crippen molar-refractivity contribution in [2.24, 2.45) is 5.92 Å². The van der Waals surface area contributed by atoms with Gasteiger partial charge in [0.05, 0.1) is 0 Å². The molecule has 3 rings (SSSR count). The van der Waals surface area contributed by atoms with Crippen molar-refractivity contribution < 1.29 is 9.53 Å². The average molecular weight is 344 g/mol. The van der Waals surface area contributed by atoms with Crippen LogP contribution in [0.3, 0.4) is 0 Å². The lowest BCUT2D eigenvalue weighted by Gasteiger charge is -2.39. The minimum absolute atomic E-state index is 0.252. The van der Waals surface area contributed by atoms with Crippen LogP contribution in [0.15, 0.2) is 30.3 Å². The molecule has 4 heteroatoms. The highest BCUT2D eigenvalue weighted by atomic mass is 16.5. The number of alkyl carbamates (subject to hydrolysis) is 1. The Labute approximate surface area is 151 Å². The lowest BCUT2D eigenvalue weighted by atomic mass is 9.84. The first kappa shape index (κ1) is 18.2. The maximum Gasteiger partial charge on any atom is 0.407 e. The summed E-state index contributed by atoms with van der Waals surface area (Å²) in [6.45, 7) is 2.67. The molecule has 1 aromatic rings. The molecule has 0 saturated heterocycles. The van der Waals surface area contributed by atoms with Crippen LogP contribution >= 0.6 is 0 Å². The molecule has 0 bridgehead atoms. The lowest BCUT2D eigenvalue weighted by molar-refractivity contribution is 0.123. The number of hydrogen-bond acceptors (Lipinski definition) is 3. The van der Waals surface area contributed by atoms with Gasteiger partial charge in [0.25, 0.3) is 0 Å². The van der Waals surface area contributed by atoms with Gasteiger partial charge >= 0.3 is 6.09 Å². The Morgan fingerprint density at radius 3 is 2.44 bits per heavy atom. The van der Waals surface area contributed by atoms with Crippen molar-refractivity contribution in [3.8, 4) is 0 Å². The first-order valence-corrected chi connectivity index (χ1v) is 9.94. The Bertz CT molecular complexity index is 520. The third-order valence-corrected chi connectivity index (χ3v) is 5.78. The van der Waals surface area contributed by atoms with Gasteiger partial charge in [-0.2, -0.15) is 0 Å². The van der Waals surface area contributed by atoms with E-state index in [0.29, 0.717) is 18.7 Å². The Morgan fingerprint density at radius 1 is 1.08 bits per heavy atom. The van der Waals surface area contributed by atoms with Crippen LogP contribution in [0.1, 0.15) is 63.9 Å². The van der Waals surface area contributed by atoms with E-state index < -0.39 is 0 Å². The molecule has 1 amide bonds. The van der Waals surface area contributed by atoms with Gasteiger partial charge in [-0.1, -0.05) is 56.0 Å². The topological polar surface area (TPSA) is 50.4 Å². The zero-order valence-corrected chi connectivity index (χ0v) is 15.4. The largest absolute Gasteiger partial charge is 0.445 e. The van der Waals surface area contributed by atoms with Gasteiger partial charge in [0.2, 0.25) is 0 Å². The van der Waals surface area contributed by atoms with E-state index >= 15 is 0 Å². The molecule has 4 nitrogen and oxygen atoms in total. The van der Waals surface area contributed by atoms with Crippen LogP contribution in [0, 0.1) is 5.92 Å². The number of amides is 1. The van der Waals surface area contributed by atoms with E-state index in [9.17, 15) is 4.79 Å². The van der Waals surface area contributed by atoms with Crippen molar-refractivity contribution in [1.82, 2.24) is 10.6 Å². The van der Waals surface area contributed by atoms with Gasteiger partial charge in [-0.25, -0.2) is 4.79 Å². The first-order chi connectivity index (χ1) is 12.2. The molecule has 1 aromatic carbocycles. The molecule has 0 unspecified atom stereocenters. The number of hydrogen-bond donors (Lipinski definition) is 2. The smallest absolute Gasteiger partial charge is 0.407 e. The summed E-state index contributed by atoms with van der Waals surface area (Å²) in [5.74, 6) is 0.824. The van der Waals surface area contributed by atoms with Gasteiger partial charge in [-0.05, 0) is 44.1 Å². The predicted molar refractivity (Wildman–Crippen MR) is 100 cm³/mol. The van der Waals surface area contributed by atoms with Gasteiger partial charge < -0.3 is 15.4 Å². The lowest BCUT2D eigenvalue weighted by Crippen LogP contribution is -2.55. The molecule has 25 heavy (non-hydrogen) atoms. The zero-order valence-electron chi connectivity index (χ0n) is 15.4. The van der Waals surface area contributed by atoms with E-state index in [-0.39, 0.29) is 12.1 Å². The molecule has 2 N–H and O–H groups in total. The summed E-state index contributed by atoms with van der Waals surface area (Å²) >= 11 is 0. The number of carbonyl (C=O) groups is 1. The minimum atomic E-state index is -0.302. The van der Waals surface area contributed by atoms with Crippen LogP contribution in [0.4, 0.5) is 4.79 Å². The summed E-state index contributed by atoms with van der Waals surface area (Å²) < 4.78 is 5.29. The molecule has 2 aliphatic rings. The molecular formula is C21H32N2O2. The van der Waals surface area contributed by atoms with Gasteiger partial charge in [0.15, 0.2) is 0 Å². The fraction of sp³-hybridized carbons (Fsp3) is 0.667. The fourth-order valence-corrected chi connectivity index (χ4v) is 4.12. The van der Waals surface area contributed by atoms with Crippen LogP contribution < -0.4 is 10.6 Å². The number of ether oxygens (including phenoxy) is 1. The Kier molecular flexibility index (Phi) is 6.74. The summed E-state index contributed by atoms with van der Waals surface area (Å²) in [6.07, 6.45) is 10.0. The maximum atomic E-state index is 11.9. The molecule has 0 heterocycles. The molecule has 2 fully saturated rings. The molecule has 0 radical (unpaired) electrons. The van der Waals surface area contributed by atoms with Crippen LogP contribution in [0.25, 0.3) is 0 Å². The quantitative estimate of drug-likeness (QED) is 0.752. The predicted octanol–water partition coefficient (Wildman–Crippen LogP) is 4.39. The molecule has 1 atom stereocenters. The van der Waals surface area contributed by atoms with E-state index in [4.69, 9.17) is 4.74 Å². The minimum Gasteiger partial charge on any atom is -0.445 e. The Hall–Kier alpha value is -1.55. The Balaban J connectivity index is 1.30. The van der Waals surface area contributed by atoms with Crippen molar-refractivity contribution in [2.45, 2.75) is 83.0 Å². The normalized spacial score (nSPS) is 25.5. The van der Waals surface area contributed by atoms with E-state index in [1.165, 1.54) is 38.5 Å². The first-order valence-electron chi connectivity index (χ1n) is 9.94. The van der Waals surface area contributed by atoms with E-state index in [1.54, 1.807) is 0 Å². The number of rotatable bonds is 6. The summed E-state index contributed by atoms with van der Waals surface area (Å²) in [5.41, 5.74) is 1.02. The molecule has 2 saturated carbocycles. The summed E-state index contributed by atoms with van der Waals surface area (Å²) in [7, 11) is 0. The highest BCUT2D eigenvalue weighted by Crippen LogP contribution is 2.28. The third-order valence-electron chi connectivity index (χ3n) is 5.78. The Morgan fingerprint density at radius 2 is 1.76 bits per heavy atom. The van der Waals surface area contributed by atoms with E-state index in [1.807, 2.05) is 30.3 Å². The van der Waals surface area contributed by atoms with Crippen molar-refractivity contribution in [1.29, 1.82) is 0 Å². The molecule has 0 spiro atoms. The molecule has 0 aromatic heterocycles. The highest BCUT2D eigenvalue weighted by Gasteiger charge is 2.32. The zero-order chi connectivity index (χ0) is 17.5. The summed E-state index contributed by atoms with van der Waals surface area (Å²) in [6, 6.07) is 11.2. The monoisotopic (exact) mass is 344 g/mol. The third kappa shape index (κ3) is 5.74. The van der Waals surface area contributed by atoms with Gasteiger partial charge in [-0.3, -0.25) is 0 Å². The molecule has 2 aliphatic carbocycles. The van der Waals surface area contributed by atoms with E-state index in [2.05, 4.69) is 17.6 Å². The molecule has 0 aliphatic heterocycles. The van der Waals surface area contributed by atoms with Gasteiger partial charge in [0.1, 0.15) is 6.61 Å². The summed E-state index contributed by atoms with van der Waals surface area (Å²) in [5, 5.41) is 6.76. The van der Waals surface area contributed by atoms with E-state index in [0.717, 1.165) is 24.3 Å². The van der Waals surface area contributed by atoms with Crippen molar-refractivity contribution in [2.75, 3.05) is 0 Å². The fourth-order valence-electron chi connectivity index (χ4n) is 4.12. The molecular weight excluding hydrogens is 312 g/mol. The number of benzene rings is 1. The number of carbonyl (C=O) groups excluding carboxylic acids is 1. The van der Waals surface area contributed by atoms with Gasteiger partial charge in [-0.15, -0.1) is 0 Å². The number of nitrogens with one attached hydrogen (secondary N) is 2. The maximum absolute atomic E-state index is 11.9. The average Bonchev–Trinajstić information content (AvgIpc) is 2.88. The van der Waals surface area contributed by atoms with Crippen molar-refractivity contribution in [3.05, 3.63) is 35.9 Å². The second kappa shape index (κ2) is 9.23. The van der Waals surface area contributed by atoms with Crippen LogP contribution in [-0.2, 0) is 11.3 Å².